The fourth-order valence-corrected chi connectivity index (χ4v) is 3.06. The molecule has 29 heavy (non-hydrogen) atoms. The number of methoxy groups -OCH3 is 2. The number of nitrogens with zero attached hydrogens (tertiary/aromatic N) is 2. The number of benzene rings is 2. The minimum Gasteiger partial charge on any atom is -0.493 e. The third-order valence-corrected chi connectivity index (χ3v) is 4.42. The number of nitrogens with one attached hydrogen (secondary N) is 1. The molecule has 0 bridgehead atoms. The first-order chi connectivity index (χ1) is 14.0. The molecular weight excluding hydrogens is 370 g/mol. The predicted octanol–water partition coefficient (Wildman–Crippen LogP) is 3.14. The second kappa shape index (κ2) is 9.25. The highest BCUT2D eigenvalue weighted by molar-refractivity contribution is 5.81. The summed E-state index contributed by atoms with van der Waals surface area (Å²) in [6, 6.07) is 11.3. The van der Waals surface area contributed by atoms with Gasteiger partial charge in [-0.25, -0.2) is 4.98 Å². The summed E-state index contributed by atoms with van der Waals surface area (Å²) in [5.74, 6) is 2.43. The third kappa shape index (κ3) is 4.94. The number of H-pyrrole nitrogens is 1. The summed E-state index contributed by atoms with van der Waals surface area (Å²) in [4.78, 5) is 22.0. The van der Waals surface area contributed by atoms with Crippen molar-refractivity contribution in [2.75, 3.05) is 27.9 Å². The molecule has 0 atom stereocenters. The van der Waals surface area contributed by atoms with Crippen LogP contribution in [-0.2, 0) is 13.1 Å². The Balaban J connectivity index is 1.75. The Morgan fingerprint density at radius 3 is 2.45 bits per heavy atom. The summed E-state index contributed by atoms with van der Waals surface area (Å²) in [5, 5.41) is 0.462. The Morgan fingerprint density at radius 1 is 1.10 bits per heavy atom. The fourth-order valence-electron chi connectivity index (χ4n) is 3.06. The Hall–Kier alpha value is -3.32. The summed E-state index contributed by atoms with van der Waals surface area (Å²) in [7, 11) is 5.06. The lowest BCUT2D eigenvalue weighted by Gasteiger charge is -2.17. The molecule has 0 aliphatic heterocycles. The van der Waals surface area contributed by atoms with E-state index in [2.05, 4.69) is 21.4 Å². The van der Waals surface area contributed by atoms with Crippen LogP contribution in [0.5, 0.6) is 17.2 Å². The monoisotopic (exact) mass is 395 g/mol. The normalized spacial score (nSPS) is 10.9. The van der Waals surface area contributed by atoms with Gasteiger partial charge in [0.05, 0.1) is 31.7 Å². The van der Waals surface area contributed by atoms with Crippen LogP contribution in [0.3, 0.4) is 0 Å². The van der Waals surface area contributed by atoms with Crippen molar-refractivity contribution < 1.29 is 14.2 Å². The van der Waals surface area contributed by atoms with Gasteiger partial charge in [0, 0.05) is 12.6 Å². The highest BCUT2D eigenvalue weighted by Gasteiger charge is 2.12. The summed E-state index contributed by atoms with van der Waals surface area (Å²) in [6.45, 7) is 5.32. The van der Waals surface area contributed by atoms with Crippen molar-refractivity contribution >= 4 is 10.9 Å². The highest BCUT2D eigenvalue weighted by atomic mass is 16.5. The van der Waals surface area contributed by atoms with E-state index in [1.54, 1.807) is 25.3 Å². The minimum absolute atomic E-state index is 0.205. The van der Waals surface area contributed by atoms with Crippen molar-refractivity contribution in [3.8, 4) is 17.2 Å². The first kappa shape index (κ1) is 20.4. The standard InChI is InChI=1S/C22H25N3O4/c1-5-10-29-16-8-6-15(7-9-16)13-25(2)14-21-23-18-12-20(28-4)19(27-3)11-17(18)22(26)24-21/h5-9,11-12H,1,10,13-14H2,2-4H3,(H,23,24,26). The number of aromatic amines is 1. The van der Waals surface area contributed by atoms with Crippen LogP contribution in [-0.4, -0.2) is 42.7 Å². The van der Waals surface area contributed by atoms with Gasteiger partial charge in [-0.05, 0) is 30.8 Å². The van der Waals surface area contributed by atoms with E-state index in [9.17, 15) is 4.79 Å². The van der Waals surface area contributed by atoms with Gasteiger partial charge in [0.2, 0.25) is 0 Å². The van der Waals surface area contributed by atoms with E-state index in [4.69, 9.17) is 14.2 Å². The molecule has 2 aromatic carbocycles. The van der Waals surface area contributed by atoms with Crippen LogP contribution in [0, 0.1) is 0 Å². The molecule has 0 radical (unpaired) electrons. The van der Waals surface area contributed by atoms with Gasteiger partial charge in [-0.3, -0.25) is 9.69 Å². The predicted molar refractivity (Wildman–Crippen MR) is 113 cm³/mol. The van der Waals surface area contributed by atoms with Crippen LogP contribution in [0.4, 0.5) is 0 Å². The zero-order chi connectivity index (χ0) is 20.8. The average molecular weight is 395 g/mol. The third-order valence-electron chi connectivity index (χ3n) is 4.42. The molecule has 0 saturated heterocycles. The van der Waals surface area contributed by atoms with Crippen molar-refractivity contribution in [1.29, 1.82) is 0 Å². The van der Waals surface area contributed by atoms with E-state index >= 15 is 0 Å². The molecule has 1 aromatic heterocycles. The van der Waals surface area contributed by atoms with E-state index in [0.29, 0.717) is 47.9 Å². The van der Waals surface area contributed by atoms with Gasteiger partial charge in [0.25, 0.3) is 5.56 Å². The van der Waals surface area contributed by atoms with Crippen molar-refractivity contribution in [3.05, 3.63) is 70.8 Å². The van der Waals surface area contributed by atoms with Crippen LogP contribution >= 0.6 is 0 Å². The van der Waals surface area contributed by atoms with Crippen molar-refractivity contribution in [3.63, 3.8) is 0 Å². The molecule has 0 fully saturated rings. The van der Waals surface area contributed by atoms with Gasteiger partial charge in [0.1, 0.15) is 18.2 Å². The summed E-state index contributed by atoms with van der Waals surface area (Å²) in [6.07, 6.45) is 1.71. The number of aromatic nitrogens is 2. The molecule has 3 rings (SSSR count). The molecule has 1 N–H and O–H groups in total. The van der Waals surface area contributed by atoms with Crippen molar-refractivity contribution in [1.82, 2.24) is 14.9 Å². The fraction of sp³-hybridized carbons (Fsp3) is 0.273. The number of hydrogen-bond donors (Lipinski definition) is 1. The Kier molecular flexibility index (Phi) is 6.51. The maximum atomic E-state index is 12.5. The zero-order valence-electron chi connectivity index (χ0n) is 16.9. The first-order valence-corrected chi connectivity index (χ1v) is 9.20. The second-order valence-corrected chi connectivity index (χ2v) is 6.65. The topological polar surface area (TPSA) is 76.7 Å². The molecule has 0 saturated carbocycles. The largest absolute Gasteiger partial charge is 0.493 e. The van der Waals surface area contributed by atoms with Gasteiger partial charge in [-0.1, -0.05) is 24.8 Å². The maximum absolute atomic E-state index is 12.5. The molecule has 152 valence electrons. The molecule has 3 aromatic rings. The van der Waals surface area contributed by atoms with Gasteiger partial charge in [-0.2, -0.15) is 0 Å². The van der Waals surface area contributed by atoms with Crippen LogP contribution in [0.2, 0.25) is 0 Å². The lowest BCUT2D eigenvalue weighted by atomic mass is 10.2. The van der Waals surface area contributed by atoms with E-state index < -0.39 is 0 Å². The molecule has 0 aliphatic rings. The van der Waals surface area contributed by atoms with E-state index in [1.165, 1.54) is 7.11 Å². The van der Waals surface area contributed by atoms with Gasteiger partial charge in [0.15, 0.2) is 11.5 Å². The van der Waals surface area contributed by atoms with Crippen LogP contribution in [0.15, 0.2) is 53.8 Å². The lowest BCUT2D eigenvalue weighted by Crippen LogP contribution is -2.22. The lowest BCUT2D eigenvalue weighted by molar-refractivity contribution is 0.310. The molecular formula is C22H25N3O4. The van der Waals surface area contributed by atoms with E-state index in [1.807, 2.05) is 31.3 Å². The molecule has 0 aliphatic carbocycles. The SMILES string of the molecule is C=CCOc1ccc(CN(C)Cc2nc3cc(OC)c(OC)cc3c(=O)[nH]2)cc1. The molecule has 7 nitrogen and oxygen atoms in total. The number of rotatable bonds is 9. The smallest absolute Gasteiger partial charge is 0.258 e. The summed E-state index contributed by atoms with van der Waals surface area (Å²) < 4.78 is 16.1. The van der Waals surface area contributed by atoms with Crippen LogP contribution in [0.1, 0.15) is 11.4 Å². The number of hydrogen-bond acceptors (Lipinski definition) is 6. The second-order valence-electron chi connectivity index (χ2n) is 6.65. The molecule has 0 spiro atoms. The summed E-state index contributed by atoms with van der Waals surface area (Å²) >= 11 is 0. The van der Waals surface area contributed by atoms with Crippen LogP contribution in [0.25, 0.3) is 10.9 Å². The van der Waals surface area contributed by atoms with E-state index in [-0.39, 0.29) is 5.56 Å². The zero-order valence-corrected chi connectivity index (χ0v) is 16.9. The molecule has 7 heteroatoms. The Morgan fingerprint density at radius 2 is 1.79 bits per heavy atom. The van der Waals surface area contributed by atoms with Gasteiger partial charge in [-0.15, -0.1) is 0 Å². The maximum Gasteiger partial charge on any atom is 0.258 e. The quantitative estimate of drug-likeness (QED) is 0.561. The minimum atomic E-state index is -0.205. The number of fused-ring (bicyclic) bond motifs is 1. The Labute approximate surface area is 169 Å². The number of ether oxygens (including phenoxy) is 3. The molecule has 0 unspecified atom stereocenters. The van der Waals surface area contributed by atoms with Crippen molar-refractivity contribution in [2.45, 2.75) is 13.1 Å². The molecule has 1 heterocycles. The van der Waals surface area contributed by atoms with Gasteiger partial charge >= 0.3 is 0 Å². The summed E-state index contributed by atoms with van der Waals surface area (Å²) in [5.41, 5.74) is 1.49. The Bertz CT molecular complexity index is 1040. The first-order valence-electron chi connectivity index (χ1n) is 9.20. The van der Waals surface area contributed by atoms with Crippen LogP contribution < -0.4 is 19.8 Å². The van der Waals surface area contributed by atoms with E-state index in [0.717, 1.165) is 11.3 Å². The molecule has 0 amide bonds. The van der Waals surface area contributed by atoms with Crippen molar-refractivity contribution in [2.24, 2.45) is 0 Å². The highest BCUT2D eigenvalue weighted by Crippen LogP contribution is 2.29. The average Bonchev–Trinajstić information content (AvgIpc) is 2.72. The van der Waals surface area contributed by atoms with Gasteiger partial charge < -0.3 is 19.2 Å².